The molecular weight excluding hydrogens is 522 g/mol. The van der Waals surface area contributed by atoms with E-state index in [1.54, 1.807) is 0 Å². The van der Waals surface area contributed by atoms with Gasteiger partial charge in [-0.05, 0) is 72.9 Å². The van der Waals surface area contributed by atoms with Crippen molar-refractivity contribution in [2.24, 2.45) is 5.41 Å². The Morgan fingerprint density at radius 1 is 1.13 bits per heavy atom. The Balaban J connectivity index is 1.18. The van der Waals surface area contributed by atoms with Crippen LogP contribution in [0.2, 0.25) is 5.15 Å². The number of hydrogen-bond acceptors (Lipinski definition) is 8. The topological polar surface area (TPSA) is 91.2 Å². The number of nitrogens with zero attached hydrogens (tertiary/aromatic N) is 5. The maximum absolute atomic E-state index is 12.9. The molecule has 0 aliphatic carbocycles. The molecule has 6 rings (SSSR count). The van der Waals surface area contributed by atoms with Crippen LogP contribution < -0.4 is 0 Å². The summed E-state index contributed by atoms with van der Waals surface area (Å²) < 4.78 is 27.2. The van der Waals surface area contributed by atoms with Gasteiger partial charge in [0.1, 0.15) is 41.0 Å². The first kappa shape index (κ1) is 27.2. The second-order valence-corrected chi connectivity index (χ2v) is 13.5. The predicted octanol–water partition coefficient (Wildman–Crippen LogP) is 4.62. The smallest absolute Gasteiger partial charge is 0.410 e. The third-order valence-electron chi connectivity index (χ3n) is 8.35. The number of amides is 1. The predicted molar refractivity (Wildman–Crippen MR) is 145 cm³/mol. The number of fused-ring (bicyclic) bond motifs is 2. The summed E-state index contributed by atoms with van der Waals surface area (Å²) in [5.74, 6) is -0.703. The van der Waals surface area contributed by atoms with Gasteiger partial charge in [-0.25, -0.2) is 14.8 Å². The number of aromatic nitrogens is 3. The zero-order valence-electron chi connectivity index (χ0n) is 23.6. The summed E-state index contributed by atoms with van der Waals surface area (Å²) in [4.78, 5) is 25.9. The Hall–Kier alpha value is -1.98. The van der Waals surface area contributed by atoms with E-state index in [4.69, 9.17) is 30.5 Å². The quantitative estimate of drug-likeness (QED) is 0.502. The van der Waals surface area contributed by atoms with E-state index < -0.39 is 11.4 Å². The minimum absolute atomic E-state index is 0.0708. The summed E-state index contributed by atoms with van der Waals surface area (Å²) in [5.41, 5.74) is 0.294. The van der Waals surface area contributed by atoms with E-state index in [0.29, 0.717) is 10.8 Å². The Morgan fingerprint density at radius 3 is 2.64 bits per heavy atom. The highest BCUT2D eigenvalue weighted by Gasteiger charge is 2.56. The van der Waals surface area contributed by atoms with Gasteiger partial charge in [-0.1, -0.05) is 11.6 Å². The number of carbonyl (C=O) groups is 1. The van der Waals surface area contributed by atoms with E-state index in [0.717, 1.165) is 63.8 Å². The largest absolute Gasteiger partial charge is 0.444 e. The fourth-order valence-electron chi connectivity index (χ4n) is 6.92. The Kier molecular flexibility index (Phi) is 6.86. The van der Waals surface area contributed by atoms with Gasteiger partial charge >= 0.3 is 6.09 Å². The van der Waals surface area contributed by atoms with E-state index in [1.165, 1.54) is 6.33 Å². The van der Waals surface area contributed by atoms with Crippen LogP contribution in [0.3, 0.4) is 0 Å². The molecule has 0 N–H and O–H groups in total. The lowest BCUT2D eigenvalue weighted by molar-refractivity contribution is -0.198. The molecule has 4 fully saturated rings. The number of piperidine rings is 2. The molecule has 11 heteroatoms. The maximum Gasteiger partial charge on any atom is 0.410 e. The molecule has 5 atom stereocenters. The number of carbonyl (C=O) groups excluding carboxylic acids is 1. The van der Waals surface area contributed by atoms with Crippen LogP contribution >= 0.6 is 11.6 Å². The highest BCUT2D eigenvalue weighted by Crippen LogP contribution is 2.45. The molecule has 10 nitrogen and oxygen atoms in total. The summed E-state index contributed by atoms with van der Waals surface area (Å²) >= 11 is 6.32. The lowest BCUT2D eigenvalue weighted by Crippen LogP contribution is -2.55. The number of halogens is 1. The highest BCUT2D eigenvalue weighted by atomic mass is 35.5. The number of likely N-dealkylation sites (tertiary alicyclic amines) is 2. The Labute approximate surface area is 234 Å². The van der Waals surface area contributed by atoms with Gasteiger partial charge in [-0.3, -0.25) is 0 Å². The van der Waals surface area contributed by atoms with Crippen molar-refractivity contribution in [1.82, 2.24) is 24.3 Å². The van der Waals surface area contributed by atoms with Crippen LogP contribution in [0.1, 0.15) is 66.5 Å². The molecule has 0 radical (unpaired) electrons. The average Bonchev–Trinajstić information content (AvgIpc) is 3.50. The zero-order valence-corrected chi connectivity index (χ0v) is 24.3. The molecule has 1 spiro atoms. The van der Waals surface area contributed by atoms with Crippen LogP contribution in [0.25, 0.3) is 11.0 Å². The van der Waals surface area contributed by atoms with Gasteiger partial charge < -0.3 is 33.3 Å². The van der Waals surface area contributed by atoms with Crippen molar-refractivity contribution in [2.75, 3.05) is 32.7 Å². The van der Waals surface area contributed by atoms with E-state index in [1.807, 2.05) is 56.3 Å². The normalized spacial score (nSPS) is 33.1. The third kappa shape index (κ3) is 5.38. The second kappa shape index (κ2) is 9.83. The highest BCUT2D eigenvalue weighted by molar-refractivity contribution is 6.33. The molecule has 2 aromatic heterocycles. The number of rotatable bonds is 3. The molecule has 0 aromatic carbocycles. The number of ether oxygens (including phenoxy) is 4. The molecule has 39 heavy (non-hydrogen) atoms. The van der Waals surface area contributed by atoms with Crippen molar-refractivity contribution in [3.63, 3.8) is 0 Å². The van der Waals surface area contributed by atoms with Crippen LogP contribution in [0.5, 0.6) is 0 Å². The van der Waals surface area contributed by atoms with Crippen molar-refractivity contribution in [3.05, 3.63) is 23.7 Å². The first-order valence-corrected chi connectivity index (χ1v) is 14.5. The molecule has 1 amide bonds. The van der Waals surface area contributed by atoms with Crippen molar-refractivity contribution in [2.45, 2.75) is 96.2 Å². The molecule has 2 aromatic rings. The van der Waals surface area contributed by atoms with Gasteiger partial charge in [0, 0.05) is 37.8 Å². The van der Waals surface area contributed by atoms with Crippen molar-refractivity contribution < 1.29 is 23.7 Å². The van der Waals surface area contributed by atoms with Gasteiger partial charge in [0.05, 0.1) is 5.39 Å². The third-order valence-corrected chi connectivity index (χ3v) is 8.65. The fraction of sp³-hybridized carbons (Fsp3) is 0.750. The van der Waals surface area contributed by atoms with Gasteiger partial charge in [0.15, 0.2) is 12.0 Å². The van der Waals surface area contributed by atoms with E-state index in [2.05, 4.69) is 14.9 Å². The monoisotopic (exact) mass is 561 g/mol. The molecule has 214 valence electrons. The summed E-state index contributed by atoms with van der Waals surface area (Å²) in [7, 11) is 0. The SMILES string of the molecule is CC(C)(C)OC(=O)N1CCCC2(CCCN(CC3O[C@@H](n4ccc5c(Cl)ncnc54)[C@@H]4OC(C)(C)O[C@H]34)C2)C1. The van der Waals surface area contributed by atoms with Crippen molar-refractivity contribution >= 4 is 28.7 Å². The van der Waals surface area contributed by atoms with Gasteiger partial charge in [-0.2, -0.15) is 0 Å². The lowest BCUT2D eigenvalue weighted by atomic mass is 9.73. The van der Waals surface area contributed by atoms with Crippen LogP contribution in [0.4, 0.5) is 4.79 Å². The van der Waals surface area contributed by atoms with Crippen LogP contribution in [0, 0.1) is 5.41 Å². The molecule has 0 bridgehead atoms. The van der Waals surface area contributed by atoms with Gasteiger partial charge in [-0.15, -0.1) is 0 Å². The van der Waals surface area contributed by atoms with Crippen molar-refractivity contribution in [3.8, 4) is 0 Å². The summed E-state index contributed by atoms with van der Waals surface area (Å²) in [6.07, 6.45) is 6.49. The van der Waals surface area contributed by atoms with Crippen LogP contribution in [-0.4, -0.2) is 92.9 Å². The van der Waals surface area contributed by atoms with Gasteiger partial charge in [0.25, 0.3) is 0 Å². The minimum Gasteiger partial charge on any atom is -0.444 e. The van der Waals surface area contributed by atoms with Crippen molar-refractivity contribution in [1.29, 1.82) is 0 Å². The average molecular weight is 562 g/mol. The minimum atomic E-state index is -0.703. The summed E-state index contributed by atoms with van der Waals surface area (Å²) in [5, 5.41) is 1.20. The second-order valence-electron chi connectivity index (χ2n) is 13.1. The van der Waals surface area contributed by atoms with E-state index in [9.17, 15) is 4.79 Å². The van der Waals surface area contributed by atoms with E-state index in [-0.39, 0.29) is 36.0 Å². The molecular formula is C28H40ClN5O5. The molecule has 4 aliphatic rings. The van der Waals surface area contributed by atoms with E-state index >= 15 is 0 Å². The van der Waals surface area contributed by atoms with Gasteiger partial charge in [0.2, 0.25) is 0 Å². The Morgan fingerprint density at radius 2 is 1.87 bits per heavy atom. The summed E-state index contributed by atoms with van der Waals surface area (Å²) in [6, 6.07) is 1.91. The molecule has 4 saturated heterocycles. The maximum atomic E-state index is 12.9. The first-order valence-electron chi connectivity index (χ1n) is 14.1. The zero-order chi connectivity index (χ0) is 27.6. The fourth-order valence-corrected chi connectivity index (χ4v) is 7.11. The number of hydrogen-bond donors (Lipinski definition) is 0. The Bertz CT molecular complexity index is 1230. The molecule has 6 heterocycles. The molecule has 0 saturated carbocycles. The van der Waals surface area contributed by atoms with Crippen LogP contribution in [0.15, 0.2) is 18.6 Å². The first-order chi connectivity index (χ1) is 18.4. The standard InChI is InChI=1S/C28H40ClN5O5/c1-26(2,3)39-25(35)33-12-7-10-28(16-33)9-6-11-32(15-28)14-19-20-21(38-27(4,5)37-20)24(36-19)34-13-8-18-22(29)30-17-31-23(18)34/h8,13,17,19-21,24H,6-7,9-12,14-16H2,1-5H3/t19?,20-,21-,24-,28?/m1/s1. The lowest BCUT2D eigenvalue weighted by Gasteiger charge is -2.48. The van der Waals surface area contributed by atoms with Crippen LogP contribution in [-0.2, 0) is 18.9 Å². The summed E-state index contributed by atoms with van der Waals surface area (Å²) in [6.45, 7) is 13.8. The molecule has 2 unspecified atom stereocenters. The molecule has 4 aliphatic heterocycles.